The van der Waals surface area contributed by atoms with Gasteiger partial charge in [0, 0.05) is 71.6 Å². The third-order valence-electron chi connectivity index (χ3n) is 7.39. The summed E-state index contributed by atoms with van der Waals surface area (Å²) in [6, 6.07) is 5.87. The van der Waals surface area contributed by atoms with Gasteiger partial charge < -0.3 is 14.4 Å². The summed E-state index contributed by atoms with van der Waals surface area (Å²) in [7, 11) is 1.71. The summed E-state index contributed by atoms with van der Waals surface area (Å²) >= 11 is 3.63. The number of ketones is 2. The smallest absolute Gasteiger partial charge is 0.162 e. The van der Waals surface area contributed by atoms with Gasteiger partial charge >= 0.3 is 0 Å². The molecule has 6 heteroatoms. The first-order chi connectivity index (χ1) is 17.0. The molecule has 0 atom stereocenters. The zero-order valence-electron chi connectivity index (χ0n) is 22.2. The van der Waals surface area contributed by atoms with Gasteiger partial charge in [-0.25, -0.2) is 0 Å². The molecule has 0 fully saturated rings. The van der Waals surface area contributed by atoms with Crippen molar-refractivity contribution in [1.29, 1.82) is 0 Å². The van der Waals surface area contributed by atoms with Crippen LogP contribution in [-0.4, -0.2) is 43.3 Å². The number of halogens is 1. The van der Waals surface area contributed by atoms with Crippen molar-refractivity contribution in [2.75, 3.05) is 26.9 Å². The normalized spacial score (nSPS) is 21.4. The summed E-state index contributed by atoms with van der Waals surface area (Å²) in [5.41, 5.74) is 4.23. The molecule has 1 aliphatic heterocycles. The van der Waals surface area contributed by atoms with Crippen molar-refractivity contribution < 1.29 is 19.1 Å². The van der Waals surface area contributed by atoms with Crippen LogP contribution < -0.4 is 4.74 Å². The van der Waals surface area contributed by atoms with E-state index in [1.54, 1.807) is 13.2 Å². The molecule has 4 rings (SSSR count). The third kappa shape index (κ3) is 5.26. The van der Waals surface area contributed by atoms with Crippen molar-refractivity contribution in [2.24, 2.45) is 10.8 Å². The van der Waals surface area contributed by atoms with Crippen LogP contribution >= 0.6 is 15.9 Å². The molecule has 0 radical (unpaired) electrons. The molecular formula is C30H38BrNO4. The average molecular weight is 557 g/mol. The fraction of sp³-hybridized carbons (Fsp3) is 0.533. The Bertz CT molecular complexity index is 1090. The molecule has 0 saturated carbocycles. The van der Waals surface area contributed by atoms with E-state index in [0.29, 0.717) is 31.8 Å². The summed E-state index contributed by atoms with van der Waals surface area (Å²) < 4.78 is 12.3. The molecule has 194 valence electrons. The zero-order valence-corrected chi connectivity index (χ0v) is 23.8. The van der Waals surface area contributed by atoms with Crippen molar-refractivity contribution in [3.8, 4) is 5.75 Å². The molecule has 0 bridgehead atoms. The molecule has 0 spiro atoms. The molecule has 1 heterocycles. The van der Waals surface area contributed by atoms with Crippen molar-refractivity contribution in [1.82, 2.24) is 4.90 Å². The Hall–Kier alpha value is -2.18. The predicted octanol–water partition coefficient (Wildman–Crippen LogP) is 6.74. The molecular weight excluding hydrogens is 518 g/mol. The van der Waals surface area contributed by atoms with Gasteiger partial charge in [0.05, 0.1) is 0 Å². The van der Waals surface area contributed by atoms with E-state index in [4.69, 9.17) is 9.47 Å². The molecule has 0 saturated heterocycles. The van der Waals surface area contributed by atoms with Gasteiger partial charge in [-0.3, -0.25) is 9.59 Å². The Morgan fingerprint density at radius 1 is 1.03 bits per heavy atom. The van der Waals surface area contributed by atoms with Crippen LogP contribution in [0, 0.1) is 10.8 Å². The van der Waals surface area contributed by atoms with Crippen LogP contribution in [0.15, 0.2) is 57.9 Å². The Balaban J connectivity index is 1.99. The van der Waals surface area contributed by atoms with E-state index in [2.05, 4.69) is 55.1 Å². The number of carbonyl (C=O) groups excluding carboxylic acids is 2. The molecule has 2 aliphatic carbocycles. The van der Waals surface area contributed by atoms with Gasteiger partial charge in [-0.15, -0.1) is 0 Å². The minimum Gasteiger partial charge on any atom is -0.489 e. The van der Waals surface area contributed by atoms with Gasteiger partial charge in [-0.2, -0.15) is 0 Å². The SMILES string of the molecule is C=CCOc1ccc(Br)cc1C1C2=C(CC(C)(C)CC2=O)N(CCCOC)C2=C1C(=O)CC(C)(C)C2. The molecule has 1 aromatic rings. The summed E-state index contributed by atoms with van der Waals surface area (Å²) in [4.78, 5) is 30.1. The third-order valence-corrected chi connectivity index (χ3v) is 7.88. The number of carbonyl (C=O) groups is 2. The number of Topliss-reactive ketones (excluding diaryl/α,β-unsaturated/α-hetero) is 2. The molecule has 0 unspecified atom stereocenters. The number of ether oxygens (including phenoxy) is 2. The number of hydrogen-bond donors (Lipinski definition) is 0. The topological polar surface area (TPSA) is 55.8 Å². The van der Waals surface area contributed by atoms with Gasteiger partial charge in [-0.1, -0.05) is 56.3 Å². The quantitative estimate of drug-likeness (QED) is 0.262. The van der Waals surface area contributed by atoms with E-state index in [9.17, 15) is 9.59 Å². The lowest BCUT2D eigenvalue weighted by Gasteiger charge is -2.49. The number of benzene rings is 1. The molecule has 36 heavy (non-hydrogen) atoms. The fourth-order valence-corrected chi connectivity index (χ4v) is 6.40. The standard InChI is InChI=1S/C30H38BrNO4/c1-7-12-36-25-10-9-19(31)14-20(25)26-27-21(15-29(2,3)17-23(27)33)32(11-8-13-35-6)22-16-30(4,5)18-24(34)28(22)26/h7,9-10,14,26H,1,8,11-13,15-18H2,2-6H3. The minimum absolute atomic E-state index is 0.127. The summed E-state index contributed by atoms with van der Waals surface area (Å²) in [5.74, 6) is 0.506. The maximum Gasteiger partial charge on any atom is 0.162 e. The first kappa shape index (κ1) is 26.9. The largest absolute Gasteiger partial charge is 0.489 e. The number of methoxy groups -OCH3 is 1. The van der Waals surface area contributed by atoms with Crippen molar-refractivity contribution in [3.63, 3.8) is 0 Å². The van der Waals surface area contributed by atoms with Crippen molar-refractivity contribution >= 4 is 27.5 Å². The molecule has 1 aromatic carbocycles. The molecule has 0 amide bonds. The Morgan fingerprint density at radius 3 is 2.14 bits per heavy atom. The predicted molar refractivity (Wildman–Crippen MR) is 146 cm³/mol. The second kappa shape index (κ2) is 10.3. The number of hydrogen-bond acceptors (Lipinski definition) is 5. The molecule has 0 N–H and O–H groups in total. The lowest BCUT2D eigenvalue weighted by molar-refractivity contribution is -0.119. The lowest BCUT2D eigenvalue weighted by Crippen LogP contribution is -2.45. The lowest BCUT2D eigenvalue weighted by atomic mass is 9.63. The van der Waals surface area contributed by atoms with Crippen LogP contribution in [0.25, 0.3) is 0 Å². The van der Waals surface area contributed by atoms with Gasteiger partial charge in [0.25, 0.3) is 0 Å². The van der Waals surface area contributed by atoms with Gasteiger partial charge in [-0.05, 0) is 48.3 Å². The maximum atomic E-state index is 13.9. The van der Waals surface area contributed by atoms with Crippen LogP contribution in [0.5, 0.6) is 5.75 Å². The van der Waals surface area contributed by atoms with E-state index in [0.717, 1.165) is 58.4 Å². The van der Waals surface area contributed by atoms with Crippen LogP contribution in [0.4, 0.5) is 0 Å². The van der Waals surface area contributed by atoms with E-state index in [-0.39, 0.29) is 22.4 Å². The van der Waals surface area contributed by atoms with Crippen LogP contribution in [0.3, 0.4) is 0 Å². The fourth-order valence-electron chi connectivity index (χ4n) is 6.02. The second-order valence-corrected chi connectivity index (χ2v) is 12.7. The first-order valence-electron chi connectivity index (χ1n) is 12.8. The first-order valence-corrected chi connectivity index (χ1v) is 13.6. The number of nitrogens with zero attached hydrogens (tertiary/aromatic N) is 1. The van der Waals surface area contributed by atoms with Gasteiger partial charge in [0.1, 0.15) is 12.4 Å². The maximum absolute atomic E-state index is 13.9. The average Bonchev–Trinajstić information content (AvgIpc) is 2.77. The minimum atomic E-state index is -0.432. The monoisotopic (exact) mass is 555 g/mol. The highest BCUT2D eigenvalue weighted by Gasteiger charge is 2.49. The summed E-state index contributed by atoms with van der Waals surface area (Å²) in [6.07, 6.45) is 5.05. The van der Waals surface area contributed by atoms with Crippen LogP contribution in [0.2, 0.25) is 0 Å². The van der Waals surface area contributed by atoms with Gasteiger partial charge in [0.15, 0.2) is 11.6 Å². The van der Waals surface area contributed by atoms with Crippen molar-refractivity contribution in [2.45, 2.75) is 65.7 Å². The summed E-state index contributed by atoms with van der Waals surface area (Å²) in [5, 5.41) is 0. The van der Waals surface area contributed by atoms with E-state index < -0.39 is 5.92 Å². The highest BCUT2D eigenvalue weighted by Crippen LogP contribution is 2.55. The summed E-state index contributed by atoms with van der Waals surface area (Å²) in [6.45, 7) is 14.1. The highest BCUT2D eigenvalue weighted by atomic mass is 79.9. The number of allylic oxidation sites excluding steroid dienone is 4. The molecule has 0 aromatic heterocycles. The van der Waals surface area contributed by atoms with Gasteiger partial charge in [0.2, 0.25) is 0 Å². The van der Waals surface area contributed by atoms with E-state index in [1.165, 1.54) is 0 Å². The second-order valence-electron chi connectivity index (χ2n) is 11.8. The van der Waals surface area contributed by atoms with Crippen LogP contribution in [-0.2, 0) is 14.3 Å². The van der Waals surface area contributed by atoms with Crippen LogP contribution in [0.1, 0.15) is 71.3 Å². The molecule has 5 nitrogen and oxygen atoms in total. The zero-order chi connectivity index (χ0) is 26.3. The van der Waals surface area contributed by atoms with E-state index in [1.807, 2.05) is 18.2 Å². The number of rotatable bonds is 8. The van der Waals surface area contributed by atoms with E-state index >= 15 is 0 Å². The highest BCUT2D eigenvalue weighted by molar-refractivity contribution is 9.10. The van der Waals surface area contributed by atoms with Crippen molar-refractivity contribution in [3.05, 3.63) is 63.4 Å². The Kier molecular flexibility index (Phi) is 7.68. The Morgan fingerprint density at radius 2 is 1.61 bits per heavy atom. The molecule has 3 aliphatic rings. The Labute approximate surface area is 223 Å².